The standard InChI is InChI=1S/C19H28N2O2/c1-14-3-4-18(15(2)11-14)19(22)20-17-5-8-21(9-6-17)12-16-7-10-23-13-16/h3-4,11,16-17H,5-10,12-13H2,1-2H3,(H,20,22)/t16-/m1/s1. The predicted octanol–water partition coefficient (Wildman–Crippen LogP) is 2.53. The molecule has 4 nitrogen and oxygen atoms in total. The smallest absolute Gasteiger partial charge is 0.251 e. The van der Waals surface area contributed by atoms with Crippen molar-refractivity contribution in [3.05, 3.63) is 34.9 Å². The normalized spacial score (nSPS) is 23.1. The van der Waals surface area contributed by atoms with Crippen LogP contribution in [0.15, 0.2) is 18.2 Å². The van der Waals surface area contributed by atoms with Gasteiger partial charge < -0.3 is 15.0 Å². The zero-order chi connectivity index (χ0) is 16.2. The first kappa shape index (κ1) is 16.5. The van der Waals surface area contributed by atoms with E-state index in [9.17, 15) is 4.79 Å². The van der Waals surface area contributed by atoms with Gasteiger partial charge in [-0.05, 0) is 50.7 Å². The number of aryl methyl sites for hydroxylation is 2. The van der Waals surface area contributed by atoms with Gasteiger partial charge in [0, 0.05) is 37.8 Å². The van der Waals surface area contributed by atoms with Crippen LogP contribution in [0.1, 0.15) is 40.7 Å². The molecule has 2 saturated heterocycles. The Kier molecular flexibility index (Phi) is 5.34. The molecule has 1 aromatic rings. The SMILES string of the molecule is Cc1ccc(C(=O)NC2CCN(C[C@H]3CCOC3)CC2)c(C)c1. The van der Waals surface area contributed by atoms with Crippen LogP contribution < -0.4 is 5.32 Å². The van der Waals surface area contributed by atoms with Crippen LogP contribution >= 0.6 is 0 Å². The van der Waals surface area contributed by atoms with Gasteiger partial charge in [0.05, 0.1) is 6.61 Å². The number of hydrogen-bond acceptors (Lipinski definition) is 3. The van der Waals surface area contributed by atoms with Gasteiger partial charge in [-0.3, -0.25) is 4.79 Å². The maximum atomic E-state index is 12.5. The van der Waals surface area contributed by atoms with Crippen LogP contribution in [0.5, 0.6) is 0 Å². The van der Waals surface area contributed by atoms with Gasteiger partial charge in [-0.1, -0.05) is 17.7 Å². The summed E-state index contributed by atoms with van der Waals surface area (Å²) >= 11 is 0. The molecule has 1 N–H and O–H groups in total. The summed E-state index contributed by atoms with van der Waals surface area (Å²) in [6, 6.07) is 6.32. The first-order valence-corrected chi connectivity index (χ1v) is 8.80. The summed E-state index contributed by atoms with van der Waals surface area (Å²) in [5, 5.41) is 3.22. The number of amides is 1. The van der Waals surface area contributed by atoms with E-state index >= 15 is 0 Å². The number of rotatable bonds is 4. The summed E-state index contributed by atoms with van der Waals surface area (Å²) in [6.45, 7) is 9.21. The molecule has 0 saturated carbocycles. The van der Waals surface area contributed by atoms with E-state index in [1.807, 2.05) is 19.1 Å². The average Bonchev–Trinajstić information content (AvgIpc) is 3.02. The predicted molar refractivity (Wildman–Crippen MR) is 91.8 cm³/mol. The number of nitrogens with one attached hydrogen (secondary N) is 1. The molecule has 23 heavy (non-hydrogen) atoms. The van der Waals surface area contributed by atoms with Crippen LogP contribution in [0.4, 0.5) is 0 Å². The molecule has 0 unspecified atom stereocenters. The van der Waals surface area contributed by atoms with Crippen molar-refractivity contribution in [2.75, 3.05) is 32.8 Å². The van der Waals surface area contributed by atoms with E-state index in [1.54, 1.807) is 0 Å². The van der Waals surface area contributed by atoms with Crippen LogP contribution in [0.2, 0.25) is 0 Å². The largest absolute Gasteiger partial charge is 0.381 e. The minimum absolute atomic E-state index is 0.0742. The quantitative estimate of drug-likeness (QED) is 0.928. The number of likely N-dealkylation sites (tertiary alicyclic amines) is 1. The Labute approximate surface area is 139 Å². The first-order valence-electron chi connectivity index (χ1n) is 8.80. The Bertz CT molecular complexity index is 544. The zero-order valence-corrected chi connectivity index (χ0v) is 14.3. The highest BCUT2D eigenvalue weighted by atomic mass is 16.5. The first-order chi connectivity index (χ1) is 11.1. The van der Waals surface area contributed by atoms with Gasteiger partial charge in [-0.25, -0.2) is 0 Å². The van der Waals surface area contributed by atoms with E-state index in [-0.39, 0.29) is 5.91 Å². The Hall–Kier alpha value is -1.39. The number of hydrogen-bond donors (Lipinski definition) is 1. The van der Waals surface area contributed by atoms with Crippen LogP contribution in [0.25, 0.3) is 0 Å². The number of benzene rings is 1. The Morgan fingerprint density at radius 2 is 2.04 bits per heavy atom. The maximum Gasteiger partial charge on any atom is 0.251 e. The fraction of sp³-hybridized carbons (Fsp3) is 0.632. The van der Waals surface area contributed by atoms with Gasteiger partial charge in [0.15, 0.2) is 0 Å². The second-order valence-corrected chi connectivity index (χ2v) is 7.10. The second kappa shape index (κ2) is 7.45. The molecule has 0 bridgehead atoms. The number of piperidine rings is 1. The molecule has 1 aromatic carbocycles. The lowest BCUT2D eigenvalue weighted by molar-refractivity contribution is 0.0902. The summed E-state index contributed by atoms with van der Waals surface area (Å²) in [4.78, 5) is 15.0. The van der Waals surface area contributed by atoms with Gasteiger partial charge in [0.2, 0.25) is 0 Å². The lowest BCUT2D eigenvalue weighted by Crippen LogP contribution is -2.46. The number of carbonyl (C=O) groups is 1. The summed E-state index contributed by atoms with van der Waals surface area (Å²) in [5.74, 6) is 0.779. The fourth-order valence-corrected chi connectivity index (χ4v) is 3.68. The summed E-state index contributed by atoms with van der Waals surface area (Å²) in [6.07, 6.45) is 3.29. The number of ether oxygens (including phenoxy) is 1. The molecule has 0 aliphatic carbocycles. The fourth-order valence-electron chi connectivity index (χ4n) is 3.68. The molecule has 2 fully saturated rings. The van der Waals surface area contributed by atoms with E-state index in [0.717, 1.165) is 56.8 Å². The van der Waals surface area contributed by atoms with Crippen molar-refractivity contribution < 1.29 is 9.53 Å². The van der Waals surface area contributed by atoms with Crippen molar-refractivity contribution in [2.24, 2.45) is 5.92 Å². The van der Waals surface area contributed by atoms with Gasteiger partial charge in [0.25, 0.3) is 5.91 Å². The van der Waals surface area contributed by atoms with Gasteiger partial charge in [-0.2, -0.15) is 0 Å². The third-order valence-corrected chi connectivity index (χ3v) is 5.09. The zero-order valence-electron chi connectivity index (χ0n) is 14.3. The molecule has 1 amide bonds. The summed E-state index contributed by atoms with van der Waals surface area (Å²) in [7, 11) is 0. The highest BCUT2D eigenvalue weighted by Gasteiger charge is 2.25. The number of nitrogens with zero attached hydrogens (tertiary/aromatic N) is 1. The maximum absolute atomic E-state index is 12.5. The van der Waals surface area contributed by atoms with Crippen LogP contribution in [-0.2, 0) is 4.74 Å². The van der Waals surface area contributed by atoms with E-state index in [2.05, 4.69) is 23.2 Å². The van der Waals surface area contributed by atoms with E-state index in [1.165, 1.54) is 12.0 Å². The second-order valence-electron chi connectivity index (χ2n) is 7.10. The number of carbonyl (C=O) groups excluding carboxylic acids is 1. The minimum atomic E-state index is 0.0742. The van der Waals surface area contributed by atoms with Crippen molar-refractivity contribution in [1.82, 2.24) is 10.2 Å². The van der Waals surface area contributed by atoms with E-state index in [0.29, 0.717) is 12.0 Å². The van der Waals surface area contributed by atoms with Crippen LogP contribution in [0, 0.1) is 19.8 Å². The van der Waals surface area contributed by atoms with Gasteiger partial charge >= 0.3 is 0 Å². The topological polar surface area (TPSA) is 41.6 Å². The molecule has 3 rings (SSSR count). The molecule has 2 aliphatic heterocycles. The highest BCUT2D eigenvalue weighted by molar-refractivity contribution is 5.95. The Morgan fingerprint density at radius 1 is 1.26 bits per heavy atom. The molecule has 0 aromatic heterocycles. The lowest BCUT2D eigenvalue weighted by Gasteiger charge is -2.33. The monoisotopic (exact) mass is 316 g/mol. The molecule has 4 heteroatoms. The van der Waals surface area contributed by atoms with Crippen LogP contribution in [0.3, 0.4) is 0 Å². The molecule has 1 atom stereocenters. The third-order valence-electron chi connectivity index (χ3n) is 5.09. The molecule has 2 aliphatic rings. The molecule has 2 heterocycles. The van der Waals surface area contributed by atoms with Crippen molar-refractivity contribution in [3.8, 4) is 0 Å². The summed E-state index contributed by atoms with van der Waals surface area (Å²) < 4.78 is 5.46. The van der Waals surface area contributed by atoms with Gasteiger partial charge in [0.1, 0.15) is 0 Å². The molecular weight excluding hydrogens is 288 g/mol. The lowest BCUT2D eigenvalue weighted by atomic mass is 10.0. The van der Waals surface area contributed by atoms with Crippen molar-refractivity contribution >= 4 is 5.91 Å². The molecule has 0 spiro atoms. The van der Waals surface area contributed by atoms with Crippen molar-refractivity contribution in [1.29, 1.82) is 0 Å². The third kappa shape index (κ3) is 4.33. The Balaban J connectivity index is 1.47. The van der Waals surface area contributed by atoms with E-state index in [4.69, 9.17) is 4.74 Å². The molecular formula is C19H28N2O2. The van der Waals surface area contributed by atoms with Gasteiger partial charge in [-0.15, -0.1) is 0 Å². The van der Waals surface area contributed by atoms with Crippen molar-refractivity contribution in [3.63, 3.8) is 0 Å². The summed E-state index contributed by atoms with van der Waals surface area (Å²) in [5.41, 5.74) is 3.06. The molecule has 0 radical (unpaired) electrons. The Morgan fingerprint density at radius 3 is 2.70 bits per heavy atom. The van der Waals surface area contributed by atoms with Crippen molar-refractivity contribution in [2.45, 2.75) is 39.2 Å². The highest BCUT2D eigenvalue weighted by Crippen LogP contribution is 2.18. The average molecular weight is 316 g/mol. The van der Waals surface area contributed by atoms with Crippen LogP contribution in [-0.4, -0.2) is 49.7 Å². The molecule has 126 valence electrons. The minimum Gasteiger partial charge on any atom is -0.381 e. The van der Waals surface area contributed by atoms with E-state index < -0.39 is 0 Å².